The average molecular weight is 332 g/mol. The molecule has 24 heavy (non-hydrogen) atoms. The van der Waals surface area contributed by atoms with E-state index in [4.69, 9.17) is 4.74 Å². The number of rotatable bonds is 8. The number of amides is 2. The van der Waals surface area contributed by atoms with Gasteiger partial charge in [-0.1, -0.05) is 43.7 Å². The summed E-state index contributed by atoms with van der Waals surface area (Å²) in [6.45, 7) is 4.73. The maximum atomic E-state index is 12.5. The van der Waals surface area contributed by atoms with Crippen molar-refractivity contribution in [2.45, 2.75) is 64.1 Å². The summed E-state index contributed by atoms with van der Waals surface area (Å²) in [5.74, 6) is -0.249. The van der Waals surface area contributed by atoms with Crippen LogP contribution in [0, 0.1) is 0 Å². The standard InChI is InChI=1S/C19H28N2O3/c1-3-8-16(19(23)20-14(2)17-11-7-12-24-17)21-18(22)13-15-9-5-4-6-10-15/h4-6,9-10,14,16-17H,3,7-8,11-13H2,1-2H3,(H,20,23)(H,21,22)/t14-,16+,17-/m1/s1. The van der Waals surface area contributed by atoms with Crippen molar-refractivity contribution in [1.82, 2.24) is 10.6 Å². The summed E-state index contributed by atoms with van der Waals surface area (Å²) in [6, 6.07) is 9.02. The van der Waals surface area contributed by atoms with Gasteiger partial charge in [-0.3, -0.25) is 9.59 Å². The highest BCUT2D eigenvalue weighted by molar-refractivity contribution is 5.88. The van der Waals surface area contributed by atoms with Gasteiger partial charge in [0.05, 0.1) is 18.6 Å². The van der Waals surface area contributed by atoms with Crippen molar-refractivity contribution in [1.29, 1.82) is 0 Å². The van der Waals surface area contributed by atoms with E-state index in [9.17, 15) is 9.59 Å². The van der Waals surface area contributed by atoms with Crippen LogP contribution in [0.3, 0.4) is 0 Å². The fraction of sp³-hybridized carbons (Fsp3) is 0.579. The molecule has 0 saturated carbocycles. The number of nitrogens with one attached hydrogen (secondary N) is 2. The first-order chi connectivity index (χ1) is 11.6. The molecule has 0 bridgehead atoms. The number of carbonyl (C=O) groups is 2. The lowest BCUT2D eigenvalue weighted by molar-refractivity contribution is -0.129. The first-order valence-corrected chi connectivity index (χ1v) is 8.85. The maximum Gasteiger partial charge on any atom is 0.242 e. The Morgan fingerprint density at radius 3 is 2.62 bits per heavy atom. The first kappa shape index (κ1) is 18.5. The van der Waals surface area contributed by atoms with E-state index in [1.807, 2.05) is 44.2 Å². The van der Waals surface area contributed by atoms with Crippen LogP contribution in [-0.2, 0) is 20.7 Å². The lowest BCUT2D eigenvalue weighted by Gasteiger charge is -2.24. The van der Waals surface area contributed by atoms with Gasteiger partial charge in [0.15, 0.2) is 0 Å². The molecule has 1 heterocycles. The Hall–Kier alpha value is -1.88. The van der Waals surface area contributed by atoms with E-state index in [-0.39, 0.29) is 30.4 Å². The molecule has 1 aliphatic rings. The molecule has 0 radical (unpaired) electrons. The van der Waals surface area contributed by atoms with Gasteiger partial charge in [0, 0.05) is 6.61 Å². The minimum absolute atomic E-state index is 0.0367. The minimum atomic E-state index is -0.491. The normalized spacial score (nSPS) is 19.5. The second-order valence-corrected chi connectivity index (χ2v) is 6.42. The zero-order valence-corrected chi connectivity index (χ0v) is 14.6. The van der Waals surface area contributed by atoms with Crippen molar-refractivity contribution in [2.75, 3.05) is 6.61 Å². The van der Waals surface area contributed by atoms with Crippen LogP contribution in [-0.4, -0.2) is 36.6 Å². The third kappa shape index (κ3) is 5.64. The van der Waals surface area contributed by atoms with Crippen molar-refractivity contribution < 1.29 is 14.3 Å². The Kier molecular flexibility index (Phi) is 7.25. The molecule has 2 N–H and O–H groups in total. The quantitative estimate of drug-likeness (QED) is 0.767. The second kappa shape index (κ2) is 9.42. The molecule has 2 amide bonds. The van der Waals surface area contributed by atoms with Crippen LogP contribution >= 0.6 is 0 Å². The lowest BCUT2D eigenvalue weighted by atomic mass is 10.1. The Bertz CT molecular complexity index is 527. The topological polar surface area (TPSA) is 67.4 Å². The molecule has 1 aromatic carbocycles. The molecule has 1 fully saturated rings. The second-order valence-electron chi connectivity index (χ2n) is 6.42. The van der Waals surface area contributed by atoms with E-state index in [0.29, 0.717) is 6.42 Å². The number of hydrogen-bond donors (Lipinski definition) is 2. The van der Waals surface area contributed by atoms with Gasteiger partial charge in [0.1, 0.15) is 6.04 Å². The Labute approximate surface area is 144 Å². The van der Waals surface area contributed by atoms with Crippen LogP contribution in [0.4, 0.5) is 0 Å². The van der Waals surface area contributed by atoms with Gasteiger partial charge in [0.2, 0.25) is 11.8 Å². The molecule has 1 aliphatic heterocycles. The molecule has 1 saturated heterocycles. The summed E-state index contributed by atoms with van der Waals surface area (Å²) in [7, 11) is 0. The number of benzene rings is 1. The van der Waals surface area contributed by atoms with Crippen LogP contribution in [0.1, 0.15) is 45.1 Å². The van der Waals surface area contributed by atoms with Crippen molar-refractivity contribution in [3.63, 3.8) is 0 Å². The van der Waals surface area contributed by atoms with E-state index in [1.54, 1.807) is 0 Å². The Morgan fingerprint density at radius 2 is 2.00 bits per heavy atom. The predicted molar refractivity (Wildman–Crippen MR) is 93.6 cm³/mol. The zero-order chi connectivity index (χ0) is 17.4. The van der Waals surface area contributed by atoms with Gasteiger partial charge in [-0.05, 0) is 31.7 Å². The predicted octanol–water partition coefficient (Wildman–Crippen LogP) is 2.20. The van der Waals surface area contributed by atoms with Gasteiger partial charge in [-0.25, -0.2) is 0 Å². The van der Waals surface area contributed by atoms with Crippen molar-refractivity contribution in [3.05, 3.63) is 35.9 Å². The molecule has 0 unspecified atom stereocenters. The summed E-state index contributed by atoms with van der Waals surface area (Å²) in [4.78, 5) is 24.7. The Balaban J connectivity index is 1.87. The summed E-state index contributed by atoms with van der Waals surface area (Å²) < 4.78 is 5.61. The molecule has 0 aromatic heterocycles. The maximum absolute atomic E-state index is 12.5. The van der Waals surface area contributed by atoms with Crippen LogP contribution in [0.25, 0.3) is 0 Å². The zero-order valence-electron chi connectivity index (χ0n) is 14.6. The van der Waals surface area contributed by atoms with Gasteiger partial charge >= 0.3 is 0 Å². The van der Waals surface area contributed by atoms with Crippen LogP contribution < -0.4 is 10.6 Å². The van der Waals surface area contributed by atoms with E-state index in [0.717, 1.165) is 31.4 Å². The molecule has 5 nitrogen and oxygen atoms in total. The van der Waals surface area contributed by atoms with E-state index < -0.39 is 6.04 Å². The highest BCUT2D eigenvalue weighted by atomic mass is 16.5. The number of carbonyl (C=O) groups excluding carboxylic acids is 2. The molecule has 5 heteroatoms. The fourth-order valence-electron chi connectivity index (χ4n) is 3.00. The molecular weight excluding hydrogens is 304 g/mol. The van der Waals surface area contributed by atoms with Crippen molar-refractivity contribution in [3.8, 4) is 0 Å². The smallest absolute Gasteiger partial charge is 0.242 e. The van der Waals surface area contributed by atoms with Gasteiger partial charge in [-0.2, -0.15) is 0 Å². The first-order valence-electron chi connectivity index (χ1n) is 8.85. The summed E-state index contributed by atoms with van der Waals surface area (Å²) >= 11 is 0. The highest BCUT2D eigenvalue weighted by Gasteiger charge is 2.27. The summed E-state index contributed by atoms with van der Waals surface area (Å²) in [6.07, 6.45) is 3.84. The molecule has 2 rings (SSSR count). The van der Waals surface area contributed by atoms with E-state index in [1.165, 1.54) is 0 Å². The third-order valence-electron chi connectivity index (χ3n) is 4.33. The summed E-state index contributed by atoms with van der Waals surface area (Å²) in [5.41, 5.74) is 0.943. The largest absolute Gasteiger partial charge is 0.376 e. The van der Waals surface area contributed by atoms with E-state index in [2.05, 4.69) is 10.6 Å². The van der Waals surface area contributed by atoms with Gasteiger partial charge in [-0.15, -0.1) is 0 Å². The molecule has 3 atom stereocenters. The molecule has 0 aliphatic carbocycles. The number of ether oxygens (including phenoxy) is 1. The van der Waals surface area contributed by atoms with Crippen molar-refractivity contribution in [2.24, 2.45) is 0 Å². The Morgan fingerprint density at radius 1 is 1.25 bits per heavy atom. The van der Waals surface area contributed by atoms with E-state index >= 15 is 0 Å². The minimum Gasteiger partial charge on any atom is -0.376 e. The van der Waals surface area contributed by atoms with Crippen LogP contribution in [0.5, 0.6) is 0 Å². The molecule has 0 spiro atoms. The molecule has 132 valence electrons. The van der Waals surface area contributed by atoms with Gasteiger partial charge < -0.3 is 15.4 Å². The van der Waals surface area contributed by atoms with Crippen molar-refractivity contribution >= 4 is 11.8 Å². The lowest BCUT2D eigenvalue weighted by Crippen LogP contribution is -2.51. The SMILES string of the molecule is CCC[C@H](NC(=O)Cc1ccccc1)C(=O)N[C@H](C)[C@H]1CCCO1. The average Bonchev–Trinajstić information content (AvgIpc) is 3.10. The fourth-order valence-corrected chi connectivity index (χ4v) is 3.00. The van der Waals surface area contributed by atoms with Crippen LogP contribution in [0.2, 0.25) is 0 Å². The van der Waals surface area contributed by atoms with Gasteiger partial charge in [0.25, 0.3) is 0 Å². The summed E-state index contributed by atoms with van der Waals surface area (Å²) in [5, 5.41) is 5.87. The van der Waals surface area contributed by atoms with Crippen LogP contribution in [0.15, 0.2) is 30.3 Å². The monoisotopic (exact) mass is 332 g/mol. The molecule has 1 aromatic rings. The molecular formula is C19H28N2O3. The highest BCUT2D eigenvalue weighted by Crippen LogP contribution is 2.15. The third-order valence-corrected chi connectivity index (χ3v) is 4.33. The number of hydrogen-bond acceptors (Lipinski definition) is 3.